The number of fused-ring (bicyclic) bond motifs is 1. The van der Waals surface area contributed by atoms with Gasteiger partial charge in [-0.15, -0.1) is 0 Å². The third kappa shape index (κ3) is 1.89. The first-order chi connectivity index (χ1) is 7.22. The Hall–Kier alpha value is -1.31. The Balaban J connectivity index is 2.43. The maximum Gasteiger partial charge on any atom is 0.224 e. The van der Waals surface area contributed by atoms with Crippen LogP contribution in [0.25, 0.3) is 0 Å². The molecule has 0 radical (unpaired) electrons. The van der Waals surface area contributed by atoms with Gasteiger partial charge in [-0.05, 0) is 29.9 Å². The predicted molar refractivity (Wildman–Crippen MR) is 62.1 cm³/mol. The molecule has 2 heteroatoms. The van der Waals surface area contributed by atoms with Crippen LogP contribution in [0.4, 0.5) is 5.69 Å². The van der Waals surface area contributed by atoms with Crippen LogP contribution in [0.3, 0.4) is 0 Å². The number of anilines is 1. The van der Waals surface area contributed by atoms with Crippen LogP contribution in [0.15, 0.2) is 18.2 Å². The second kappa shape index (κ2) is 4.05. The van der Waals surface area contributed by atoms with E-state index in [1.807, 2.05) is 0 Å². The van der Waals surface area contributed by atoms with Gasteiger partial charge in [0.1, 0.15) is 0 Å². The smallest absolute Gasteiger partial charge is 0.224 e. The summed E-state index contributed by atoms with van der Waals surface area (Å²) in [6, 6.07) is 6.33. The Morgan fingerprint density at radius 1 is 1.40 bits per heavy atom. The maximum absolute atomic E-state index is 11.4. The van der Waals surface area contributed by atoms with E-state index >= 15 is 0 Å². The van der Waals surface area contributed by atoms with E-state index < -0.39 is 0 Å². The summed E-state index contributed by atoms with van der Waals surface area (Å²) in [5, 5.41) is 3.00. The molecule has 1 N–H and O–H groups in total. The molecule has 1 heterocycles. The van der Waals surface area contributed by atoms with E-state index in [-0.39, 0.29) is 5.91 Å². The zero-order valence-corrected chi connectivity index (χ0v) is 9.34. The number of amides is 1. The van der Waals surface area contributed by atoms with Crippen molar-refractivity contribution in [2.45, 2.75) is 39.0 Å². The SMILES string of the molecule is CCC(C)c1cccc2c1NC(=O)CC2. The standard InChI is InChI=1S/C13H17NO/c1-3-9(2)11-6-4-5-10-7-8-12(15)14-13(10)11/h4-6,9H,3,7-8H2,1-2H3,(H,14,15). The minimum Gasteiger partial charge on any atom is -0.326 e. The fourth-order valence-electron chi connectivity index (χ4n) is 2.06. The molecule has 0 saturated heterocycles. The average molecular weight is 203 g/mol. The Kier molecular flexibility index (Phi) is 2.76. The summed E-state index contributed by atoms with van der Waals surface area (Å²) >= 11 is 0. The minimum atomic E-state index is 0.151. The van der Waals surface area contributed by atoms with Crippen molar-refractivity contribution in [1.82, 2.24) is 0 Å². The second-order valence-electron chi connectivity index (χ2n) is 4.24. The number of carbonyl (C=O) groups is 1. The van der Waals surface area contributed by atoms with Crippen LogP contribution in [-0.2, 0) is 11.2 Å². The van der Waals surface area contributed by atoms with Crippen molar-refractivity contribution in [1.29, 1.82) is 0 Å². The van der Waals surface area contributed by atoms with Gasteiger partial charge in [0.25, 0.3) is 0 Å². The number of carbonyl (C=O) groups excluding carboxylic acids is 1. The number of rotatable bonds is 2. The van der Waals surface area contributed by atoms with E-state index in [0.29, 0.717) is 12.3 Å². The van der Waals surface area contributed by atoms with Crippen LogP contribution >= 0.6 is 0 Å². The topological polar surface area (TPSA) is 29.1 Å². The molecule has 1 unspecified atom stereocenters. The van der Waals surface area contributed by atoms with Crippen LogP contribution in [0, 0.1) is 0 Å². The Bertz CT molecular complexity index is 384. The number of aryl methyl sites for hydroxylation is 1. The lowest BCUT2D eigenvalue weighted by molar-refractivity contribution is -0.116. The number of para-hydroxylation sites is 1. The van der Waals surface area contributed by atoms with E-state index in [9.17, 15) is 4.79 Å². The Morgan fingerprint density at radius 2 is 2.20 bits per heavy atom. The van der Waals surface area contributed by atoms with Gasteiger partial charge in [0.2, 0.25) is 5.91 Å². The summed E-state index contributed by atoms with van der Waals surface area (Å²) in [5.74, 6) is 0.664. The monoisotopic (exact) mass is 203 g/mol. The summed E-state index contributed by atoms with van der Waals surface area (Å²) in [6.07, 6.45) is 2.61. The summed E-state index contributed by atoms with van der Waals surface area (Å²) in [7, 11) is 0. The fourth-order valence-corrected chi connectivity index (χ4v) is 2.06. The molecule has 0 bridgehead atoms. The van der Waals surface area contributed by atoms with Crippen LogP contribution in [0.1, 0.15) is 43.7 Å². The van der Waals surface area contributed by atoms with Gasteiger partial charge in [-0.25, -0.2) is 0 Å². The van der Waals surface area contributed by atoms with E-state index in [1.165, 1.54) is 11.1 Å². The molecule has 15 heavy (non-hydrogen) atoms. The van der Waals surface area contributed by atoms with Crippen LogP contribution in [0.5, 0.6) is 0 Å². The number of benzene rings is 1. The number of hydrogen-bond donors (Lipinski definition) is 1. The minimum absolute atomic E-state index is 0.151. The lowest BCUT2D eigenvalue weighted by Gasteiger charge is -2.22. The van der Waals surface area contributed by atoms with Crippen molar-refractivity contribution in [3.63, 3.8) is 0 Å². The first-order valence-electron chi connectivity index (χ1n) is 5.64. The molecule has 0 fully saturated rings. The van der Waals surface area contributed by atoms with Crippen molar-refractivity contribution >= 4 is 11.6 Å². The molecular weight excluding hydrogens is 186 g/mol. The van der Waals surface area contributed by atoms with Gasteiger partial charge < -0.3 is 5.32 Å². The number of hydrogen-bond acceptors (Lipinski definition) is 1. The lowest BCUT2D eigenvalue weighted by atomic mass is 9.91. The van der Waals surface area contributed by atoms with Gasteiger partial charge in [0, 0.05) is 12.1 Å². The highest BCUT2D eigenvalue weighted by molar-refractivity contribution is 5.94. The number of nitrogens with one attached hydrogen (secondary N) is 1. The van der Waals surface area contributed by atoms with Crippen molar-refractivity contribution in [2.75, 3.05) is 5.32 Å². The van der Waals surface area contributed by atoms with Crippen molar-refractivity contribution in [3.05, 3.63) is 29.3 Å². The molecule has 1 aliphatic heterocycles. The third-order valence-electron chi connectivity index (χ3n) is 3.21. The molecular formula is C13H17NO. The van der Waals surface area contributed by atoms with Crippen LogP contribution in [0.2, 0.25) is 0 Å². The fraction of sp³-hybridized carbons (Fsp3) is 0.462. The Labute approximate surface area is 90.7 Å². The molecule has 1 aromatic rings. The molecule has 1 aliphatic rings. The quantitative estimate of drug-likeness (QED) is 0.786. The van der Waals surface area contributed by atoms with E-state index in [1.54, 1.807) is 0 Å². The van der Waals surface area contributed by atoms with E-state index in [0.717, 1.165) is 18.5 Å². The van der Waals surface area contributed by atoms with Crippen molar-refractivity contribution < 1.29 is 4.79 Å². The molecule has 0 spiro atoms. The third-order valence-corrected chi connectivity index (χ3v) is 3.21. The maximum atomic E-state index is 11.4. The first-order valence-corrected chi connectivity index (χ1v) is 5.64. The normalized spacial score (nSPS) is 16.8. The lowest BCUT2D eigenvalue weighted by Crippen LogP contribution is -2.20. The largest absolute Gasteiger partial charge is 0.326 e. The van der Waals surface area contributed by atoms with Gasteiger partial charge in [-0.3, -0.25) is 4.79 Å². The van der Waals surface area contributed by atoms with E-state index in [4.69, 9.17) is 0 Å². The van der Waals surface area contributed by atoms with E-state index in [2.05, 4.69) is 37.4 Å². The van der Waals surface area contributed by atoms with Crippen LogP contribution in [-0.4, -0.2) is 5.91 Å². The van der Waals surface area contributed by atoms with Crippen molar-refractivity contribution in [3.8, 4) is 0 Å². The average Bonchev–Trinajstić information content (AvgIpc) is 2.27. The predicted octanol–water partition coefficient (Wildman–Crippen LogP) is 3.08. The highest BCUT2D eigenvalue weighted by Gasteiger charge is 2.19. The molecule has 0 saturated carbocycles. The highest BCUT2D eigenvalue weighted by Crippen LogP contribution is 2.32. The molecule has 2 rings (SSSR count). The summed E-state index contributed by atoms with van der Waals surface area (Å²) in [4.78, 5) is 11.4. The molecule has 2 nitrogen and oxygen atoms in total. The van der Waals surface area contributed by atoms with Gasteiger partial charge >= 0.3 is 0 Å². The highest BCUT2D eigenvalue weighted by atomic mass is 16.1. The first kappa shape index (κ1) is 10.2. The Morgan fingerprint density at radius 3 is 2.93 bits per heavy atom. The summed E-state index contributed by atoms with van der Waals surface area (Å²) < 4.78 is 0. The summed E-state index contributed by atoms with van der Waals surface area (Å²) in [6.45, 7) is 4.38. The molecule has 1 amide bonds. The molecule has 0 aliphatic carbocycles. The van der Waals surface area contributed by atoms with Crippen LogP contribution < -0.4 is 5.32 Å². The second-order valence-corrected chi connectivity index (χ2v) is 4.24. The summed E-state index contributed by atoms with van der Waals surface area (Å²) in [5.41, 5.74) is 3.64. The van der Waals surface area contributed by atoms with Crippen molar-refractivity contribution in [2.24, 2.45) is 0 Å². The van der Waals surface area contributed by atoms with Gasteiger partial charge in [-0.2, -0.15) is 0 Å². The zero-order chi connectivity index (χ0) is 10.8. The molecule has 1 atom stereocenters. The van der Waals surface area contributed by atoms with Gasteiger partial charge in [0.15, 0.2) is 0 Å². The molecule has 0 aromatic heterocycles. The zero-order valence-electron chi connectivity index (χ0n) is 9.34. The van der Waals surface area contributed by atoms with Gasteiger partial charge in [0.05, 0.1) is 0 Å². The van der Waals surface area contributed by atoms with Gasteiger partial charge in [-0.1, -0.05) is 32.0 Å². The molecule has 1 aromatic carbocycles. The molecule has 80 valence electrons.